The number of carbonyl (C=O) groups excluding carboxylic acids is 1. The van der Waals surface area contributed by atoms with Gasteiger partial charge in [-0.2, -0.15) is 0 Å². The van der Waals surface area contributed by atoms with Crippen LogP contribution in [0.3, 0.4) is 0 Å². The summed E-state index contributed by atoms with van der Waals surface area (Å²) >= 11 is 0. The number of rotatable bonds is 6. The summed E-state index contributed by atoms with van der Waals surface area (Å²) in [6, 6.07) is 8.12. The molecule has 1 amide bonds. The van der Waals surface area contributed by atoms with E-state index in [-0.39, 0.29) is 5.91 Å². The summed E-state index contributed by atoms with van der Waals surface area (Å²) in [4.78, 5) is 11.5. The van der Waals surface area contributed by atoms with Crippen molar-refractivity contribution in [1.82, 2.24) is 0 Å². The van der Waals surface area contributed by atoms with Crippen molar-refractivity contribution < 1.29 is 4.79 Å². The van der Waals surface area contributed by atoms with Crippen LogP contribution in [-0.4, -0.2) is 5.91 Å². The smallest absolute Gasteiger partial charge is 0.248 e. The summed E-state index contributed by atoms with van der Waals surface area (Å²) in [5.74, 6) is -0.0614. The Labute approximate surface area is 110 Å². The first-order valence-corrected chi connectivity index (χ1v) is 6.66. The maximum absolute atomic E-state index is 11.5. The average Bonchev–Trinajstić information content (AvgIpc) is 2.30. The van der Waals surface area contributed by atoms with Gasteiger partial charge in [-0.1, -0.05) is 37.5 Å². The highest BCUT2D eigenvalue weighted by atomic mass is 16.1. The van der Waals surface area contributed by atoms with E-state index in [0.717, 1.165) is 17.7 Å². The minimum absolute atomic E-state index is 0.0614. The third-order valence-corrected chi connectivity index (χ3v) is 2.71. The van der Waals surface area contributed by atoms with Crippen molar-refractivity contribution >= 4 is 11.6 Å². The zero-order valence-corrected chi connectivity index (χ0v) is 11.6. The van der Waals surface area contributed by atoms with Gasteiger partial charge in [0.05, 0.1) is 0 Å². The monoisotopic (exact) mass is 245 g/mol. The van der Waals surface area contributed by atoms with Crippen molar-refractivity contribution in [3.05, 3.63) is 41.5 Å². The number of hydrogen-bond donors (Lipinski definition) is 1. The van der Waals surface area contributed by atoms with Crippen molar-refractivity contribution in [1.29, 1.82) is 0 Å². The summed E-state index contributed by atoms with van der Waals surface area (Å²) in [5.41, 5.74) is 3.20. The second kappa shape index (κ2) is 7.70. The molecular formula is C16H23NO. The van der Waals surface area contributed by atoms with E-state index < -0.39 is 0 Å². The molecule has 0 aliphatic carbocycles. The number of unbranched alkanes of at least 4 members (excludes halogenated alkanes) is 2. The molecule has 0 unspecified atom stereocenters. The second-order valence-corrected chi connectivity index (χ2v) is 4.86. The third-order valence-electron chi connectivity index (χ3n) is 2.71. The molecule has 1 aromatic carbocycles. The summed E-state index contributed by atoms with van der Waals surface area (Å²) < 4.78 is 0. The van der Waals surface area contributed by atoms with E-state index in [1.165, 1.54) is 24.8 Å². The van der Waals surface area contributed by atoms with E-state index in [9.17, 15) is 4.79 Å². The van der Waals surface area contributed by atoms with Crippen LogP contribution in [0.1, 0.15) is 45.6 Å². The lowest BCUT2D eigenvalue weighted by atomic mass is 10.1. The molecule has 1 aromatic rings. The Morgan fingerprint density at radius 1 is 1.17 bits per heavy atom. The molecule has 0 fully saturated rings. The second-order valence-electron chi connectivity index (χ2n) is 4.86. The molecule has 0 aliphatic heterocycles. The molecule has 0 aliphatic rings. The summed E-state index contributed by atoms with van der Waals surface area (Å²) in [6.07, 6.45) is 6.49. The van der Waals surface area contributed by atoms with Gasteiger partial charge in [0.1, 0.15) is 0 Å². The van der Waals surface area contributed by atoms with Crippen LogP contribution in [0.15, 0.2) is 35.9 Å². The van der Waals surface area contributed by atoms with Gasteiger partial charge in [0, 0.05) is 11.8 Å². The molecule has 18 heavy (non-hydrogen) atoms. The number of anilines is 1. The van der Waals surface area contributed by atoms with E-state index in [1.54, 1.807) is 6.08 Å². The Kier molecular flexibility index (Phi) is 6.20. The van der Waals surface area contributed by atoms with Crippen molar-refractivity contribution in [3.63, 3.8) is 0 Å². The van der Waals surface area contributed by atoms with Gasteiger partial charge in [-0.15, -0.1) is 0 Å². The van der Waals surface area contributed by atoms with Gasteiger partial charge in [-0.3, -0.25) is 4.79 Å². The van der Waals surface area contributed by atoms with Crippen LogP contribution in [0, 0.1) is 0 Å². The number of aryl methyl sites for hydroxylation is 1. The summed E-state index contributed by atoms with van der Waals surface area (Å²) in [5, 5.41) is 2.85. The van der Waals surface area contributed by atoms with E-state index in [4.69, 9.17) is 0 Å². The van der Waals surface area contributed by atoms with Crippen molar-refractivity contribution in [2.45, 2.75) is 46.5 Å². The zero-order valence-electron chi connectivity index (χ0n) is 11.6. The van der Waals surface area contributed by atoms with Crippen LogP contribution in [0.2, 0.25) is 0 Å². The molecule has 0 heterocycles. The van der Waals surface area contributed by atoms with E-state index in [2.05, 4.69) is 24.4 Å². The highest BCUT2D eigenvalue weighted by Gasteiger charge is 1.99. The number of hydrogen-bond acceptors (Lipinski definition) is 1. The molecule has 0 spiro atoms. The van der Waals surface area contributed by atoms with Gasteiger partial charge < -0.3 is 5.32 Å². The van der Waals surface area contributed by atoms with Gasteiger partial charge >= 0.3 is 0 Å². The molecule has 0 radical (unpaired) electrons. The van der Waals surface area contributed by atoms with Gasteiger partial charge in [-0.05, 0) is 44.4 Å². The quantitative estimate of drug-likeness (QED) is 0.586. The Morgan fingerprint density at radius 3 is 2.39 bits per heavy atom. The molecule has 0 saturated carbocycles. The lowest BCUT2D eigenvalue weighted by molar-refractivity contribution is -0.111. The molecule has 1 N–H and O–H groups in total. The van der Waals surface area contributed by atoms with E-state index >= 15 is 0 Å². The van der Waals surface area contributed by atoms with Gasteiger partial charge in [-0.25, -0.2) is 0 Å². The first-order valence-electron chi connectivity index (χ1n) is 6.66. The predicted molar refractivity (Wildman–Crippen MR) is 77.7 cm³/mol. The number of carbonyl (C=O) groups is 1. The van der Waals surface area contributed by atoms with Crippen LogP contribution in [0.4, 0.5) is 5.69 Å². The number of benzene rings is 1. The van der Waals surface area contributed by atoms with E-state index in [1.807, 2.05) is 26.0 Å². The van der Waals surface area contributed by atoms with Gasteiger partial charge in [0.15, 0.2) is 0 Å². The Balaban J connectivity index is 2.50. The largest absolute Gasteiger partial charge is 0.323 e. The Hall–Kier alpha value is -1.57. The maximum Gasteiger partial charge on any atom is 0.248 e. The lowest BCUT2D eigenvalue weighted by Crippen LogP contribution is -2.08. The lowest BCUT2D eigenvalue weighted by Gasteiger charge is -2.05. The summed E-state index contributed by atoms with van der Waals surface area (Å²) in [7, 11) is 0. The third kappa shape index (κ3) is 5.67. The van der Waals surface area contributed by atoms with Gasteiger partial charge in [0.2, 0.25) is 5.91 Å². The molecule has 0 saturated heterocycles. The van der Waals surface area contributed by atoms with Crippen molar-refractivity contribution in [2.75, 3.05) is 5.32 Å². The van der Waals surface area contributed by atoms with Crippen LogP contribution in [0.5, 0.6) is 0 Å². The minimum Gasteiger partial charge on any atom is -0.323 e. The Morgan fingerprint density at radius 2 is 1.83 bits per heavy atom. The fourth-order valence-electron chi connectivity index (χ4n) is 1.77. The number of nitrogens with one attached hydrogen (secondary N) is 1. The number of amides is 1. The van der Waals surface area contributed by atoms with Crippen LogP contribution < -0.4 is 5.32 Å². The number of allylic oxidation sites excluding steroid dienone is 1. The molecule has 0 atom stereocenters. The van der Waals surface area contributed by atoms with Gasteiger partial charge in [0.25, 0.3) is 0 Å². The normalized spacial score (nSPS) is 9.94. The van der Waals surface area contributed by atoms with E-state index in [0.29, 0.717) is 0 Å². The van der Waals surface area contributed by atoms with Crippen LogP contribution in [-0.2, 0) is 11.2 Å². The minimum atomic E-state index is -0.0614. The maximum atomic E-state index is 11.5. The molecule has 0 aromatic heterocycles. The Bertz CT molecular complexity index is 400. The fourth-order valence-corrected chi connectivity index (χ4v) is 1.77. The van der Waals surface area contributed by atoms with Crippen LogP contribution >= 0.6 is 0 Å². The molecular weight excluding hydrogens is 222 g/mol. The van der Waals surface area contributed by atoms with Crippen molar-refractivity contribution in [2.24, 2.45) is 0 Å². The topological polar surface area (TPSA) is 29.1 Å². The average molecular weight is 245 g/mol. The predicted octanol–water partition coefficient (Wildman–Crippen LogP) is 4.32. The zero-order chi connectivity index (χ0) is 13.4. The van der Waals surface area contributed by atoms with Crippen molar-refractivity contribution in [3.8, 4) is 0 Å². The standard InChI is InChI=1S/C16H23NO/c1-4-5-6-7-14-8-10-15(11-9-14)17-16(18)12-13(2)3/h8-12H,4-7H2,1-3H3,(H,17,18). The van der Waals surface area contributed by atoms with Crippen LogP contribution in [0.25, 0.3) is 0 Å². The first kappa shape index (κ1) is 14.5. The molecule has 98 valence electrons. The first-order chi connectivity index (χ1) is 8.61. The SMILES string of the molecule is CCCCCc1ccc(NC(=O)C=C(C)C)cc1. The molecule has 0 bridgehead atoms. The highest BCUT2D eigenvalue weighted by Crippen LogP contribution is 2.12. The fraction of sp³-hybridized carbons (Fsp3) is 0.438. The molecule has 2 heteroatoms. The highest BCUT2D eigenvalue weighted by molar-refractivity contribution is 5.99. The molecule has 1 rings (SSSR count). The summed E-state index contributed by atoms with van der Waals surface area (Å²) in [6.45, 7) is 6.04. The molecule has 2 nitrogen and oxygen atoms in total.